The van der Waals surface area contributed by atoms with Crippen LogP contribution in [0.4, 0.5) is 0 Å². The van der Waals surface area contributed by atoms with E-state index in [0.29, 0.717) is 35.5 Å². The zero-order valence-electron chi connectivity index (χ0n) is 13.5. The molecular weight excluding hydrogens is 373 g/mol. The van der Waals surface area contributed by atoms with Gasteiger partial charge in [0.15, 0.2) is 0 Å². The summed E-state index contributed by atoms with van der Waals surface area (Å²) in [5.74, 6) is 0.765. The molecule has 24 heavy (non-hydrogen) atoms. The Hall–Kier alpha value is -0.720. The van der Waals surface area contributed by atoms with E-state index in [1.807, 2.05) is 0 Å². The molecule has 1 heterocycles. The first kappa shape index (κ1) is 21.3. The van der Waals surface area contributed by atoms with Crippen LogP contribution in [0.1, 0.15) is 12.8 Å². The molecule has 1 fully saturated rings. The highest BCUT2D eigenvalue weighted by atomic mass is 35.5. The number of benzene rings is 1. The van der Waals surface area contributed by atoms with Crippen molar-refractivity contribution in [3.8, 4) is 5.75 Å². The highest BCUT2D eigenvalue weighted by Gasteiger charge is 2.25. The first-order chi connectivity index (χ1) is 11.1. The third-order valence-corrected chi connectivity index (χ3v) is 4.41. The molecule has 8 heteroatoms. The summed E-state index contributed by atoms with van der Waals surface area (Å²) in [5, 5.41) is 3.96. The quantitative estimate of drug-likeness (QED) is 0.743. The van der Waals surface area contributed by atoms with E-state index in [1.165, 1.54) is 0 Å². The highest BCUT2D eigenvalue weighted by molar-refractivity contribution is 6.35. The predicted octanol–water partition coefficient (Wildman–Crippen LogP) is 2.58. The smallest absolute Gasteiger partial charge is 0.224 e. The van der Waals surface area contributed by atoms with E-state index in [9.17, 15) is 4.79 Å². The number of nitrogens with one attached hydrogen (secondary N) is 1. The van der Waals surface area contributed by atoms with E-state index in [4.69, 9.17) is 33.7 Å². The number of hydrogen-bond acceptors (Lipinski definition) is 4. The molecule has 1 aromatic carbocycles. The maximum atomic E-state index is 12.0. The molecule has 1 aliphatic heterocycles. The van der Waals surface area contributed by atoms with Gasteiger partial charge in [0.1, 0.15) is 12.4 Å². The minimum absolute atomic E-state index is 0. The summed E-state index contributed by atoms with van der Waals surface area (Å²) in [6.45, 7) is 4.04. The van der Waals surface area contributed by atoms with E-state index in [1.54, 1.807) is 18.2 Å². The second-order valence-corrected chi connectivity index (χ2v) is 6.49. The number of amides is 1. The van der Waals surface area contributed by atoms with Crippen LogP contribution in [0.2, 0.25) is 10.0 Å². The molecule has 0 aromatic heterocycles. The number of ether oxygens (including phenoxy) is 1. The van der Waals surface area contributed by atoms with Crippen molar-refractivity contribution in [1.82, 2.24) is 10.2 Å². The summed E-state index contributed by atoms with van der Waals surface area (Å²) >= 11 is 11.9. The van der Waals surface area contributed by atoms with Gasteiger partial charge in [-0.3, -0.25) is 9.69 Å². The molecule has 1 unspecified atom stereocenters. The zero-order chi connectivity index (χ0) is 16.7. The summed E-state index contributed by atoms with van der Waals surface area (Å²) in [4.78, 5) is 14.3. The lowest BCUT2D eigenvalue weighted by Crippen LogP contribution is -2.45. The van der Waals surface area contributed by atoms with E-state index >= 15 is 0 Å². The fraction of sp³-hybridized carbons (Fsp3) is 0.562. The first-order valence-corrected chi connectivity index (χ1v) is 8.63. The minimum atomic E-state index is 0. The Morgan fingerprint density at radius 3 is 2.92 bits per heavy atom. The highest BCUT2D eigenvalue weighted by Crippen LogP contribution is 2.27. The van der Waals surface area contributed by atoms with Gasteiger partial charge < -0.3 is 15.8 Å². The van der Waals surface area contributed by atoms with Crippen molar-refractivity contribution in [2.75, 3.05) is 39.3 Å². The van der Waals surface area contributed by atoms with Crippen molar-refractivity contribution in [2.45, 2.75) is 12.8 Å². The average Bonchev–Trinajstić information content (AvgIpc) is 2.55. The van der Waals surface area contributed by atoms with Gasteiger partial charge in [-0.15, -0.1) is 12.4 Å². The van der Waals surface area contributed by atoms with Crippen molar-refractivity contribution in [3.63, 3.8) is 0 Å². The standard InChI is InChI=1S/C16H23Cl2N3O2.ClH/c17-13-3-4-15(14(18)10-13)23-9-8-21-7-1-2-12(11-21)16(22)20-6-5-19;/h3-4,10,12H,1-2,5-9,11,19H2,(H,20,22);1H. The van der Waals surface area contributed by atoms with Gasteiger partial charge in [-0.25, -0.2) is 0 Å². The number of carbonyl (C=O) groups is 1. The monoisotopic (exact) mass is 395 g/mol. The Morgan fingerprint density at radius 2 is 2.21 bits per heavy atom. The van der Waals surface area contributed by atoms with Crippen LogP contribution in [-0.4, -0.2) is 50.1 Å². The van der Waals surface area contributed by atoms with Gasteiger partial charge in [0.05, 0.1) is 10.9 Å². The maximum Gasteiger partial charge on any atom is 0.224 e. The molecule has 0 radical (unpaired) electrons. The molecule has 1 aliphatic rings. The van der Waals surface area contributed by atoms with Crippen LogP contribution in [0, 0.1) is 5.92 Å². The number of rotatable bonds is 7. The summed E-state index contributed by atoms with van der Waals surface area (Å²) < 4.78 is 5.71. The number of nitrogens with zero attached hydrogens (tertiary/aromatic N) is 1. The van der Waals surface area contributed by atoms with E-state index in [0.717, 1.165) is 32.5 Å². The van der Waals surface area contributed by atoms with Gasteiger partial charge in [-0.05, 0) is 37.6 Å². The maximum absolute atomic E-state index is 12.0. The molecule has 3 N–H and O–H groups in total. The summed E-state index contributed by atoms with van der Waals surface area (Å²) in [6.07, 6.45) is 1.94. The normalized spacial score (nSPS) is 17.9. The molecule has 0 saturated carbocycles. The zero-order valence-corrected chi connectivity index (χ0v) is 15.8. The summed E-state index contributed by atoms with van der Waals surface area (Å²) in [6, 6.07) is 5.18. The lowest BCUT2D eigenvalue weighted by atomic mass is 9.97. The third kappa shape index (κ3) is 6.65. The first-order valence-electron chi connectivity index (χ1n) is 7.88. The number of piperidine rings is 1. The number of carbonyl (C=O) groups excluding carboxylic acids is 1. The van der Waals surface area contributed by atoms with Crippen LogP contribution in [0.15, 0.2) is 18.2 Å². The van der Waals surface area contributed by atoms with E-state index in [-0.39, 0.29) is 24.2 Å². The molecule has 2 rings (SSSR count). The van der Waals surface area contributed by atoms with Gasteiger partial charge >= 0.3 is 0 Å². The Labute approximate surface area is 159 Å². The molecule has 1 atom stereocenters. The van der Waals surface area contributed by atoms with Crippen molar-refractivity contribution < 1.29 is 9.53 Å². The molecular formula is C16H24Cl3N3O2. The van der Waals surface area contributed by atoms with Crippen molar-refractivity contribution in [3.05, 3.63) is 28.2 Å². The van der Waals surface area contributed by atoms with Gasteiger partial charge in [-0.2, -0.15) is 0 Å². The van der Waals surface area contributed by atoms with Crippen molar-refractivity contribution in [2.24, 2.45) is 11.7 Å². The molecule has 136 valence electrons. The number of halogens is 3. The fourth-order valence-corrected chi connectivity index (χ4v) is 3.15. The fourth-order valence-electron chi connectivity index (χ4n) is 2.69. The number of likely N-dealkylation sites (tertiary alicyclic amines) is 1. The van der Waals surface area contributed by atoms with Crippen LogP contribution in [0.3, 0.4) is 0 Å². The average molecular weight is 397 g/mol. The molecule has 0 bridgehead atoms. The second-order valence-electron chi connectivity index (χ2n) is 5.64. The SMILES string of the molecule is Cl.NCCNC(=O)C1CCCN(CCOc2ccc(Cl)cc2Cl)C1. The molecule has 1 aromatic rings. The van der Waals surface area contributed by atoms with Gasteiger partial charge in [0.2, 0.25) is 5.91 Å². The van der Waals surface area contributed by atoms with Gasteiger partial charge in [0.25, 0.3) is 0 Å². The summed E-state index contributed by atoms with van der Waals surface area (Å²) in [7, 11) is 0. The van der Waals surface area contributed by atoms with Crippen LogP contribution < -0.4 is 15.8 Å². The number of hydrogen-bond donors (Lipinski definition) is 2. The number of nitrogens with two attached hydrogens (primary N) is 1. The Balaban J connectivity index is 0.00000288. The van der Waals surface area contributed by atoms with Gasteiger partial charge in [-0.1, -0.05) is 23.2 Å². The van der Waals surface area contributed by atoms with Crippen LogP contribution in [-0.2, 0) is 4.79 Å². The van der Waals surface area contributed by atoms with Crippen LogP contribution in [0.5, 0.6) is 5.75 Å². The molecule has 0 aliphatic carbocycles. The third-order valence-electron chi connectivity index (χ3n) is 3.88. The van der Waals surface area contributed by atoms with Crippen LogP contribution >= 0.6 is 35.6 Å². The van der Waals surface area contributed by atoms with Crippen molar-refractivity contribution in [1.29, 1.82) is 0 Å². The summed E-state index contributed by atoms with van der Waals surface area (Å²) in [5.41, 5.74) is 5.42. The van der Waals surface area contributed by atoms with E-state index < -0.39 is 0 Å². The molecule has 5 nitrogen and oxygen atoms in total. The largest absolute Gasteiger partial charge is 0.491 e. The Kier molecular flexibility index (Phi) is 9.78. The Bertz CT molecular complexity index is 531. The Morgan fingerprint density at radius 1 is 1.42 bits per heavy atom. The lowest BCUT2D eigenvalue weighted by molar-refractivity contribution is -0.126. The molecule has 0 spiro atoms. The van der Waals surface area contributed by atoms with E-state index in [2.05, 4.69) is 10.2 Å². The predicted molar refractivity (Wildman–Crippen MR) is 100 cm³/mol. The van der Waals surface area contributed by atoms with Crippen LogP contribution in [0.25, 0.3) is 0 Å². The second kappa shape index (κ2) is 11.0. The lowest BCUT2D eigenvalue weighted by Gasteiger charge is -2.31. The molecule has 1 amide bonds. The molecule has 1 saturated heterocycles. The minimum Gasteiger partial charge on any atom is -0.491 e. The topological polar surface area (TPSA) is 67.6 Å². The van der Waals surface area contributed by atoms with Crippen molar-refractivity contribution >= 4 is 41.5 Å². The van der Waals surface area contributed by atoms with Gasteiger partial charge in [0, 0.05) is 31.2 Å².